The summed E-state index contributed by atoms with van der Waals surface area (Å²) in [6.45, 7) is 1.18. The van der Waals surface area contributed by atoms with Gasteiger partial charge in [0.15, 0.2) is 0 Å². The Morgan fingerprint density at radius 3 is 3.27 bits per heavy atom. The first-order valence-corrected chi connectivity index (χ1v) is 7.86. The summed E-state index contributed by atoms with van der Waals surface area (Å²) in [5, 5.41) is 5.99. The summed E-state index contributed by atoms with van der Waals surface area (Å²) in [4.78, 5) is 1.63. The van der Waals surface area contributed by atoms with E-state index in [1.807, 2.05) is 11.3 Å². The molecule has 1 aromatic heterocycles. The zero-order valence-electron chi connectivity index (χ0n) is 8.87. The first-order chi connectivity index (χ1) is 7.45. The van der Waals surface area contributed by atoms with Crippen molar-refractivity contribution in [3.05, 3.63) is 21.9 Å². The van der Waals surface area contributed by atoms with Gasteiger partial charge in [-0.1, -0.05) is 0 Å². The molecule has 2 aliphatic heterocycles. The van der Waals surface area contributed by atoms with Crippen molar-refractivity contribution < 1.29 is 0 Å². The zero-order chi connectivity index (χ0) is 10.1. The highest BCUT2D eigenvalue weighted by Crippen LogP contribution is 2.37. The second kappa shape index (κ2) is 4.48. The Hall–Kier alpha value is 0.01000. The lowest BCUT2D eigenvalue weighted by Gasteiger charge is -2.33. The van der Waals surface area contributed by atoms with E-state index in [0.29, 0.717) is 6.04 Å². The minimum absolute atomic E-state index is 0.660. The second-order valence-corrected chi connectivity index (χ2v) is 6.61. The maximum atomic E-state index is 3.72. The summed E-state index contributed by atoms with van der Waals surface area (Å²) in [5.74, 6) is 3.60. The molecule has 0 bridgehead atoms. The van der Waals surface area contributed by atoms with Gasteiger partial charge in [-0.25, -0.2) is 0 Å². The Labute approximate surface area is 99.7 Å². The van der Waals surface area contributed by atoms with Crippen molar-refractivity contribution in [2.24, 2.45) is 5.92 Å². The lowest BCUT2D eigenvalue weighted by molar-refractivity contribution is 0.353. The average Bonchev–Trinajstić information content (AvgIpc) is 2.78. The van der Waals surface area contributed by atoms with Crippen molar-refractivity contribution in [2.45, 2.75) is 25.3 Å². The molecule has 2 unspecified atom stereocenters. The van der Waals surface area contributed by atoms with Crippen LogP contribution in [0.3, 0.4) is 0 Å². The van der Waals surface area contributed by atoms with Gasteiger partial charge in [0.05, 0.1) is 0 Å². The monoisotopic (exact) mass is 239 g/mol. The van der Waals surface area contributed by atoms with Crippen LogP contribution in [-0.2, 0) is 6.42 Å². The Bertz CT molecular complexity index is 328. The maximum Gasteiger partial charge on any atom is 0.0367 e. The smallest absolute Gasteiger partial charge is 0.0367 e. The molecule has 2 aliphatic rings. The van der Waals surface area contributed by atoms with Gasteiger partial charge in [0.25, 0.3) is 0 Å². The van der Waals surface area contributed by atoms with Crippen molar-refractivity contribution in [1.29, 1.82) is 0 Å². The van der Waals surface area contributed by atoms with Crippen LogP contribution in [0.1, 0.15) is 29.3 Å². The van der Waals surface area contributed by atoms with Gasteiger partial charge in [-0.15, -0.1) is 11.3 Å². The Morgan fingerprint density at radius 1 is 1.40 bits per heavy atom. The van der Waals surface area contributed by atoms with E-state index in [-0.39, 0.29) is 0 Å². The second-order valence-electron chi connectivity index (χ2n) is 4.46. The number of fused-ring (bicyclic) bond motifs is 1. The molecule has 1 saturated heterocycles. The molecule has 1 N–H and O–H groups in total. The van der Waals surface area contributed by atoms with E-state index >= 15 is 0 Å². The van der Waals surface area contributed by atoms with Crippen LogP contribution in [-0.4, -0.2) is 18.1 Å². The fourth-order valence-electron chi connectivity index (χ4n) is 2.73. The standard InChI is InChI=1S/C12H17NS2/c1-2-9(8-14-6-1)12-10-4-7-15-11(10)3-5-13-12/h4,7,9,12-13H,1-3,5-6,8H2. The van der Waals surface area contributed by atoms with E-state index in [2.05, 4.69) is 28.5 Å². The van der Waals surface area contributed by atoms with Crippen molar-refractivity contribution >= 4 is 23.1 Å². The molecule has 15 heavy (non-hydrogen) atoms. The minimum atomic E-state index is 0.660. The molecule has 82 valence electrons. The van der Waals surface area contributed by atoms with Crippen LogP contribution in [0.4, 0.5) is 0 Å². The Kier molecular flexibility index (Phi) is 3.04. The quantitative estimate of drug-likeness (QED) is 0.808. The first kappa shape index (κ1) is 10.2. The van der Waals surface area contributed by atoms with Crippen LogP contribution < -0.4 is 5.32 Å². The summed E-state index contributed by atoms with van der Waals surface area (Å²) in [6, 6.07) is 3.00. The lowest BCUT2D eigenvalue weighted by Crippen LogP contribution is -2.35. The van der Waals surface area contributed by atoms with Crippen LogP contribution in [0.15, 0.2) is 11.4 Å². The molecule has 0 aromatic carbocycles. The van der Waals surface area contributed by atoms with Gasteiger partial charge >= 0.3 is 0 Å². The van der Waals surface area contributed by atoms with Crippen molar-refractivity contribution in [3.8, 4) is 0 Å². The molecule has 0 spiro atoms. The van der Waals surface area contributed by atoms with E-state index in [9.17, 15) is 0 Å². The fraction of sp³-hybridized carbons (Fsp3) is 0.667. The van der Waals surface area contributed by atoms with E-state index in [0.717, 1.165) is 5.92 Å². The normalized spacial score (nSPS) is 31.2. The molecule has 0 radical (unpaired) electrons. The van der Waals surface area contributed by atoms with Crippen LogP contribution in [0, 0.1) is 5.92 Å². The molecular weight excluding hydrogens is 222 g/mol. The summed E-state index contributed by atoms with van der Waals surface area (Å²) in [5.41, 5.74) is 1.61. The molecule has 2 atom stereocenters. The number of nitrogens with one attached hydrogen (secondary N) is 1. The van der Waals surface area contributed by atoms with E-state index in [1.165, 1.54) is 37.3 Å². The molecule has 1 nitrogen and oxygen atoms in total. The zero-order valence-corrected chi connectivity index (χ0v) is 10.5. The third-order valence-corrected chi connectivity index (χ3v) is 5.74. The van der Waals surface area contributed by atoms with Crippen molar-refractivity contribution in [1.82, 2.24) is 5.32 Å². The van der Waals surface area contributed by atoms with Crippen molar-refractivity contribution in [2.75, 3.05) is 18.1 Å². The predicted octanol–water partition coefficient (Wildman–Crippen LogP) is 3.08. The summed E-state index contributed by atoms with van der Waals surface area (Å²) >= 11 is 4.08. The van der Waals surface area contributed by atoms with Crippen molar-refractivity contribution in [3.63, 3.8) is 0 Å². The highest BCUT2D eigenvalue weighted by Gasteiger charge is 2.29. The fourth-order valence-corrected chi connectivity index (χ4v) is 4.86. The number of thiophene rings is 1. The third-order valence-electron chi connectivity index (χ3n) is 3.50. The Morgan fingerprint density at radius 2 is 2.40 bits per heavy atom. The van der Waals surface area contributed by atoms with Crippen LogP contribution in [0.2, 0.25) is 0 Å². The van der Waals surface area contributed by atoms with Gasteiger partial charge in [-0.05, 0) is 53.7 Å². The van der Waals surface area contributed by atoms with E-state index < -0.39 is 0 Å². The lowest BCUT2D eigenvalue weighted by atomic mass is 9.88. The summed E-state index contributed by atoms with van der Waals surface area (Å²) in [6.07, 6.45) is 4.07. The molecule has 0 amide bonds. The van der Waals surface area contributed by atoms with Gasteiger partial charge in [-0.2, -0.15) is 11.8 Å². The van der Waals surface area contributed by atoms with Crippen LogP contribution >= 0.6 is 23.1 Å². The van der Waals surface area contributed by atoms with Gasteiger partial charge in [-0.3, -0.25) is 0 Å². The molecule has 1 fully saturated rings. The highest BCUT2D eigenvalue weighted by molar-refractivity contribution is 7.99. The average molecular weight is 239 g/mol. The molecule has 0 aliphatic carbocycles. The van der Waals surface area contributed by atoms with E-state index in [1.54, 1.807) is 10.4 Å². The Balaban J connectivity index is 1.82. The van der Waals surface area contributed by atoms with E-state index in [4.69, 9.17) is 0 Å². The molecule has 3 heteroatoms. The SMILES string of the molecule is c1cc2c(s1)CCNC2C1CCCSC1. The highest BCUT2D eigenvalue weighted by atomic mass is 32.2. The molecule has 3 rings (SSSR count). The predicted molar refractivity (Wildman–Crippen MR) is 68.8 cm³/mol. The maximum absolute atomic E-state index is 3.72. The topological polar surface area (TPSA) is 12.0 Å². The summed E-state index contributed by atoms with van der Waals surface area (Å²) in [7, 11) is 0. The van der Waals surface area contributed by atoms with Gasteiger partial charge < -0.3 is 5.32 Å². The molecule has 0 saturated carbocycles. The van der Waals surface area contributed by atoms with Crippen LogP contribution in [0.25, 0.3) is 0 Å². The molecule has 1 aromatic rings. The number of thioether (sulfide) groups is 1. The largest absolute Gasteiger partial charge is 0.309 e. The summed E-state index contributed by atoms with van der Waals surface area (Å²) < 4.78 is 0. The van der Waals surface area contributed by atoms with Gasteiger partial charge in [0.2, 0.25) is 0 Å². The van der Waals surface area contributed by atoms with Crippen LogP contribution in [0.5, 0.6) is 0 Å². The first-order valence-electron chi connectivity index (χ1n) is 5.82. The number of hydrogen-bond acceptors (Lipinski definition) is 3. The molecular formula is C12H17NS2. The minimum Gasteiger partial charge on any atom is -0.309 e. The van der Waals surface area contributed by atoms with Gasteiger partial charge in [0.1, 0.15) is 0 Å². The number of rotatable bonds is 1. The number of hydrogen-bond donors (Lipinski definition) is 1. The van der Waals surface area contributed by atoms with Gasteiger partial charge in [0, 0.05) is 17.5 Å². The molecule has 3 heterocycles. The third kappa shape index (κ3) is 1.97.